The average molecular weight is 409 g/mol. The molecule has 8 nitrogen and oxygen atoms in total. The Morgan fingerprint density at radius 2 is 2.30 bits per heavy atom. The number of rotatable bonds is 6. The number of thiocarbonyl (C=S) groups is 1. The third-order valence-corrected chi connectivity index (χ3v) is 4.39. The van der Waals surface area contributed by atoms with E-state index in [0.717, 1.165) is 19.4 Å². The second kappa shape index (κ2) is 8.94. The lowest BCUT2D eigenvalue weighted by Gasteiger charge is -2.11. The Kier molecular flexibility index (Phi) is 6.38. The van der Waals surface area contributed by atoms with Gasteiger partial charge in [-0.05, 0) is 49.3 Å². The second-order valence-electron chi connectivity index (χ2n) is 5.84. The van der Waals surface area contributed by atoms with E-state index in [1.807, 2.05) is 0 Å². The first-order valence-corrected chi connectivity index (χ1v) is 9.04. The Morgan fingerprint density at radius 3 is 3.04 bits per heavy atom. The molecule has 0 spiro atoms. The third-order valence-electron chi connectivity index (χ3n) is 3.92. The number of nitrogens with zero attached hydrogens (tertiary/aromatic N) is 2. The Bertz CT molecular complexity index is 864. The van der Waals surface area contributed by atoms with E-state index < -0.39 is 4.92 Å². The number of nitro groups is 1. The van der Waals surface area contributed by atoms with Crippen molar-refractivity contribution in [3.63, 3.8) is 0 Å². The molecule has 2 aromatic rings. The van der Waals surface area contributed by atoms with Crippen molar-refractivity contribution >= 4 is 40.8 Å². The van der Waals surface area contributed by atoms with Gasteiger partial charge in [0.15, 0.2) is 5.11 Å². The predicted octanol–water partition coefficient (Wildman–Crippen LogP) is 3.49. The van der Waals surface area contributed by atoms with Crippen molar-refractivity contribution in [2.45, 2.75) is 18.9 Å². The minimum Gasteiger partial charge on any atom is -0.455 e. The summed E-state index contributed by atoms with van der Waals surface area (Å²) < 4.78 is 11.1. The van der Waals surface area contributed by atoms with E-state index in [1.165, 1.54) is 12.3 Å². The molecule has 0 aliphatic carbocycles. The number of hydrogen-bond donors (Lipinski definition) is 2. The normalized spacial score (nSPS) is 16.6. The summed E-state index contributed by atoms with van der Waals surface area (Å²) in [5.41, 5.74) is 2.90. The van der Waals surface area contributed by atoms with Crippen LogP contribution in [-0.4, -0.2) is 35.5 Å². The van der Waals surface area contributed by atoms with Gasteiger partial charge in [0.25, 0.3) is 5.69 Å². The van der Waals surface area contributed by atoms with Crippen molar-refractivity contribution in [1.82, 2.24) is 10.7 Å². The summed E-state index contributed by atoms with van der Waals surface area (Å²) in [5.74, 6) is 0.766. The summed E-state index contributed by atoms with van der Waals surface area (Å²) in [7, 11) is 0. The molecule has 2 heterocycles. The SMILES string of the molecule is O=[N+]([O-])c1cc(Cl)ccc1-c1ccc(/C=N\NC(=S)NC[C@H]2CCCO2)o1. The van der Waals surface area contributed by atoms with Gasteiger partial charge in [0.1, 0.15) is 11.5 Å². The first kappa shape index (κ1) is 19.3. The van der Waals surface area contributed by atoms with Crippen LogP contribution in [0.5, 0.6) is 0 Å². The monoisotopic (exact) mass is 408 g/mol. The molecule has 1 saturated heterocycles. The van der Waals surface area contributed by atoms with Gasteiger partial charge in [-0.1, -0.05) is 11.6 Å². The van der Waals surface area contributed by atoms with Crippen LogP contribution < -0.4 is 10.7 Å². The van der Waals surface area contributed by atoms with Gasteiger partial charge in [0.2, 0.25) is 0 Å². The lowest BCUT2D eigenvalue weighted by atomic mass is 10.1. The number of furan rings is 1. The topological polar surface area (TPSA) is 102 Å². The maximum atomic E-state index is 11.2. The van der Waals surface area contributed by atoms with Gasteiger partial charge in [-0.2, -0.15) is 5.10 Å². The first-order valence-electron chi connectivity index (χ1n) is 8.25. The number of nitrogens with one attached hydrogen (secondary N) is 2. The molecule has 1 atom stereocenters. The van der Waals surface area contributed by atoms with E-state index in [9.17, 15) is 10.1 Å². The van der Waals surface area contributed by atoms with Gasteiger partial charge in [-0.25, -0.2) is 0 Å². The average Bonchev–Trinajstić information content (AvgIpc) is 3.32. The molecule has 1 aromatic carbocycles. The van der Waals surface area contributed by atoms with Crippen LogP contribution in [-0.2, 0) is 4.74 Å². The van der Waals surface area contributed by atoms with Crippen LogP contribution in [0.25, 0.3) is 11.3 Å². The van der Waals surface area contributed by atoms with Gasteiger partial charge in [0, 0.05) is 24.2 Å². The Morgan fingerprint density at radius 1 is 1.44 bits per heavy atom. The van der Waals surface area contributed by atoms with Crippen LogP contribution in [0.2, 0.25) is 5.02 Å². The number of halogens is 1. The number of ether oxygens (including phenoxy) is 1. The zero-order chi connectivity index (χ0) is 19.2. The molecule has 0 saturated carbocycles. The molecule has 0 amide bonds. The summed E-state index contributed by atoms with van der Waals surface area (Å²) in [6.45, 7) is 1.42. The molecule has 1 aliphatic rings. The van der Waals surface area contributed by atoms with Crippen LogP contribution >= 0.6 is 23.8 Å². The molecular formula is C17H17ClN4O4S. The van der Waals surface area contributed by atoms with Crippen LogP contribution in [0.1, 0.15) is 18.6 Å². The number of benzene rings is 1. The summed E-state index contributed by atoms with van der Waals surface area (Å²) in [6.07, 6.45) is 3.70. The predicted molar refractivity (Wildman–Crippen MR) is 106 cm³/mol. The smallest absolute Gasteiger partial charge is 0.281 e. The highest BCUT2D eigenvalue weighted by Crippen LogP contribution is 2.33. The van der Waals surface area contributed by atoms with Crippen molar-refractivity contribution < 1.29 is 14.1 Å². The molecule has 0 radical (unpaired) electrons. The zero-order valence-corrected chi connectivity index (χ0v) is 15.8. The molecule has 3 rings (SSSR count). The standard InChI is InChI=1S/C17H17ClN4O4S/c18-11-3-5-14(15(8-11)22(23)24)16-6-4-13(26-16)10-20-21-17(27)19-9-12-2-1-7-25-12/h3-6,8,10,12H,1-2,7,9H2,(H2,19,21,27)/b20-10-/t12-/m1/s1. The quantitative estimate of drug-likeness (QED) is 0.326. The number of hydrogen-bond acceptors (Lipinski definition) is 6. The molecule has 10 heteroatoms. The molecule has 0 unspecified atom stereocenters. The van der Waals surface area contributed by atoms with E-state index >= 15 is 0 Å². The summed E-state index contributed by atoms with van der Waals surface area (Å²) >= 11 is 11.0. The fourth-order valence-corrected chi connectivity index (χ4v) is 2.94. The molecule has 142 valence electrons. The van der Waals surface area contributed by atoms with Gasteiger partial charge in [0.05, 0.1) is 22.8 Å². The largest absolute Gasteiger partial charge is 0.455 e. The van der Waals surface area contributed by atoms with Gasteiger partial charge >= 0.3 is 0 Å². The van der Waals surface area contributed by atoms with Crippen molar-refractivity contribution in [2.75, 3.05) is 13.2 Å². The summed E-state index contributed by atoms with van der Waals surface area (Å²) in [5, 5.41) is 18.9. The van der Waals surface area contributed by atoms with E-state index in [-0.39, 0.29) is 16.8 Å². The Balaban J connectivity index is 1.58. The Hall–Kier alpha value is -2.49. The maximum absolute atomic E-state index is 11.2. The lowest BCUT2D eigenvalue weighted by molar-refractivity contribution is -0.384. The highest BCUT2D eigenvalue weighted by atomic mass is 35.5. The fourth-order valence-electron chi connectivity index (χ4n) is 2.64. The molecular weight excluding hydrogens is 392 g/mol. The van der Waals surface area contributed by atoms with Crippen LogP contribution in [0, 0.1) is 10.1 Å². The minimum atomic E-state index is -0.503. The summed E-state index contributed by atoms with van der Waals surface area (Å²) in [4.78, 5) is 10.7. The van der Waals surface area contributed by atoms with Crippen molar-refractivity contribution in [1.29, 1.82) is 0 Å². The molecule has 2 N–H and O–H groups in total. The van der Waals surface area contributed by atoms with Crippen LogP contribution in [0.15, 0.2) is 39.9 Å². The minimum absolute atomic E-state index is 0.127. The van der Waals surface area contributed by atoms with E-state index in [1.54, 1.807) is 24.3 Å². The first-order chi connectivity index (χ1) is 13.0. The number of hydrazone groups is 1. The fraction of sp³-hybridized carbons (Fsp3) is 0.294. The number of nitro benzene ring substituents is 1. The van der Waals surface area contributed by atoms with E-state index in [2.05, 4.69) is 15.8 Å². The second-order valence-corrected chi connectivity index (χ2v) is 6.68. The Labute approximate surface area is 165 Å². The highest BCUT2D eigenvalue weighted by molar-refractivity contribution is 7.80. The van der Waals surface area contributed by atoms with Crippen LogP contribution in [0.4, 0.5) is 5.69 Å². The molecule has 1 aromatic heterocycles. The van der Waals surface area contributed by atoms with Crippen LogP contribution in [0.3, 0.4) is 0 Å². The van der Waals surface area contributed by atoms with E-state index in [0.29, 0.717) is 28.7 Å². The van der Waals surface area contributed by atoms with E-state index in [4.69, 9.17) is 33.0 Å². The maximum Gasteiger partial charge on any atom is 0.281 e. The third kappa shape index (κ3) is 5.25. The molecule has 0 bridgehead atoms. The molecule has 27 heavy (non-hydrogen) atoms. The highest BCUT2D eigenvalue weighted by Gasteiger charge is 2.18. The lowest BCUT2D eigenvalue weighted by Crippen LogP contribution is -2.37. The zero-order valence-electron chi connectivity index (χ0n) is 14.2. The van der Waals surface area contributed by atoms with Gasteiger partial charge < -0.3 is 14.5 Å². The van der Waals surface area contributed by atoms with Crippen molar-refractivity contribution in [3.8, 4) is 11.3 Å². The molecule has 1 aliphatic heterocycles. The van der Waals surface area contributed by atoms with Gasteiger partial charge in [-0.15, -0.1) is 0 Å². The molecule has 1 fully saturated rings. The van der Waals surface area contributed by atoms with Crippen molar-refractivity contribution in [2.24, 2.45) is 5.10 Å². The summed E-state index contributed by atoms with van der Waals surface area (Å²) in [6, 6.07) is 7.68. The van der Waals surface area contributed by atoms with Crippen molar-refractivity contribution in [3.05, 3.63) is 51.2 Å². The van der Waals surface area contributed by atoms with Gasteiger partial charge in [-0.3, -0.25) is 15.5 Å².